The molecule has 0 spiro atoms. The smallest absolute Gasteiger partial charge is 0.251 e. The molecular weight excluding hydrogens is 190 g/mol. The minimum Gasteiger partial charge on any atom is -0.355 e. The number of ketones is 1. The van der Waals surface area contributed by atoms with Crippen molar-refractivity contribution in [2.45, 2.75) is 6.92 Å². The van der Waals surface area contributed by atoms with E-state index in [9.17, 15) is 9.59 Å². The van der Waals surface area contributed by atoms with Gasteiger partial charge in [-0.05, 0) is 24.6 Å². The molecule has 1 aromatic carbocycles. The van der Waals surface area contributed by atoms with Crippen molar-refractivity contribution in [1.82, 2.24) is 5.32 Å². The number of carbonyl (C=O) groups excluding carboxylic acids is 2. The van der Waals surface area contributed by atoms with E-state index in [-0.39, 0.29) is 11.7 Å². The number of aryl methyl sites for hydroxylation is 1. The minimum atomic E-state index is -0.260. The highest BCUT2D eigenvalue weighted by Crippen LogP contribution is 2.15. The standard InChI is InChI=1S/C12H13NO2/c1-4-10(14)11-8(2)6-5-7-9(11)12(15)13-3/h4-7H,1H2,2-3H3,(H,13,15). The lowest BCUT2D eigenvalue weighted by Gasteiger charge is -2.08. The van der Waals surface area contributed by atoms with Gasteiger partial charge in [-0.3, -0.25) is 9.59 Å². The van der Waals surface area contributed by atoms with Gasteiger partial charge in [-0.25, -0.2) is 0 Å². The van der Waals surface area contributed by atoms with E-state index in [1.54, 1.807) is 25.1 Å². The van der Waals surface area contributed by atoms with E-state index in [0.717, 1.165) is 5.56 Å². The van der Waals surface area contributed by atoms with Crippen molar-refractivity contribution in [2.24, 2.45) is 0 Å². The van der Waals surface area contributed by atoms with Crippen LogP contribution in [0.1, 0.15) is 26.3 Å². The lowest BCUT2D eigenvalue weighted by Crippen LogP contribution is -2.21. The van der Waals surface area contributed by atoms with Crippen LogP contribution in [0.25, 0.3) is 0 Å². The maximum Gasteiger partial charge on any atom is 0.251 e. The Balaban J connectivity index is 3.38. The molecule has 0 radical (unpaired) electrons. The number of rotatable bonds is 3. The van der Waals surface area contributed by atoms with Crippen LogP contribution in [0, 0.1) is 6.92 Å². The van der Waals surface area contributed by atoms with E-state index in [1.807, 2.05) is 0 Å². The fourth-order valence-electron chi connectivity index (χ4n) is 1.42. The van der Waals surface area contributed by atoms with Gasteiger partial charge >= 0.3 is 0 Å². The minimum absolute atomic E-state index is 0.230. The van der Waals surface area contributed by atoms with Gasteiger partial charge in [0.05, 0.1) is 5.56 Å². The van der Waals surface area contributed by atoms with Crippen LogP contribution in [0.5, 0.6) is 0 Å². The highest BCUT2D eigenvalue weighted by atomic mass is 16.2. The molecule has 0 saturated carbocycles. The zero-order chi connectivity index (χ0) is 11.4. The first-order valence-electron chi connectivity index (χ1n) is 4.60. The van der Waals surface area contributed by atoms with Crippen molar-refractivity contribution in [3.8, 4) is 0 Å². The molecule has 78 valence electrons. The molecule has 0 aliphatic carbocycles. The molecule has 1 rings (SSSR count). The fourth-order valence-corrected chi connectivity index (χ4v) is 1.42. The molecule has 0 unspecified atom stereocenters. The van der Waals surface area contributed by atoms with Crippen LogP contribution >= 0.6 is 0 Å². The highest BCUT2D eigenvalue weighted by molar-refractivity contribution is 6.13. The van der Waals surface area contributed by atoms with Crippen molar-refractivity contribution < 1.29 is 9.59 Å². The predicted molar refractivity (Wildman–Crippen MR) is 59.1 cm³/mol. The van der Waals surface area contributed by atoms with Gasteiger partial charge in [-0.2, -0.15) is 0 Å². The first-order valence-corrected chi connectivity index (χ1v) is 4.60. The molecule has 1 amide bonds. The van der Waals surface area contributed by atoms with Crippen LogP contribution in [-0.4, -0.2) is 18.7 Å². The van der Waals surface area contributed by atoms with Crippen LogP contribution < -0.4 is 5.32 Å². The Hall–Kier alpha value is -1.90. The zero-order valence-corrected chi connectivity index (χ0v) is 8.83. The van der Waals surface area contributed by atoms with Crippen molar-refractivity contribution in [1.29, 1.82) is 0 Å². The Kier molecular flexibility index (Phi) is 3.39. The van der Waals surface area contributed by atoms with Gasteiger partial charge in [-0.1, -0.05) is 18.7 Å². The van der Waals surface area contributed by atoms with Crippen LogP contribution in [-0.2, 0) is 0 Å². The van der Waals surface area contributed by atoms with Crippen LogP contribution in [0.3, 0.4) is 0 Å². The monoisotopic (exact) mass is 203 g/mol. The van der Waals surface area contributed by atoms with Crippen molar-refractivity contribution in [3.63, 3.8) is 0 Å². The van der Waals surface area contributed by atoms with Crippen LogP contribution in [0.4, 0.5) is 0 Å². The summed E-state index contributed by atoms with van der Waals surface area (Å²) in [5.74, 6) is -0.490. The van der Waals surface area contributed by atoms with Gasteiger partial charge in [0.2, 0.25) is 0 Å². The fraction of sp³-hybridized carbons (Fsp3) is 0.167. The van der Waals surface area contributed by atoms with Gasteiger partial charge in [0.25, 0.3) is 5.91 Å². The number of carbonyl (C=O) groups is 2. The molecule has 15 heavy (non-hydrogen) atoms. The first-order chi connectivity index (χ1) is 7.11. The highest BCUT2D eigenvalue weighted by Gasteiger charge is 2.15. The second kappa shape index (κ2) is 4.55. The number of hydrogen-bond donors (Lipinski definition) is 1. The maximum atomic E-state index is 11.6. The summed E-state index contributed by atoms with van der Waals surface area (Å²) in [5.41, 5.74) is 1.59. The maximum absolute atomic E-state index is 11.6. The van der Waals surface area contributed by atoms with Gasteiger partial charge < -0.3 is 5.32 Å². The molecule has 0 saturated heterocycles. The summed E-state index contributed by atoms with van der Waals surface area (Å²) in [7, 11) is 1.53. The molecule has 3 heteroatoms. The number of amides is 1. The lowest BCUT2D eigenvalue weighted by molar-refractivity contribution is 0.0951. The predicted octanol–water partition coefficient (Wildman–Crippen LogP) is 1.72. The Labute approximate surface area is 88.8 Å². The van der Waals surface area contributed by atoms with E-state index in [1.165, 1.54) is 13.1 Å². The van der Waals surface area contributed by atoms with E-state index in [4.69, 9.17) is 0 Å². The molecule has 0 aliphatic heterocycles. The first kappa shape index (κ1) is 11.2. The van der Waals surface area contributed by atoms with Gasteiger partial charge in [0.1, 0.15) is 0 Å². The zero-order valence-electron chi connectivity index (χ0n) is 8.83. The average molecular weight is 203 g/mol. The third-order valence-electron chi connectivity index (χ3n) is 2.18. The molecule has 0 heterocycles. The second-order valence-electron chi connectivity index (χ2n) is 3.14. The summed E-state index contributed by atoms with van der Waals surface area (Å²) in [6, 6.07) is 5.17. The lowest BCUT2D eigenvalue weighted by atomic mass is 9.97. The third-order valence-corrected chi connectivity index (χ3v) is 2.18. The molecular formula is C12H13NO2. The SMILES string of the molecule is C=CC(=O)c1c(C)cccc1C(=O)NC. The number of benzene rings is 1. The van der Waals surface area contributed by atoms with Gasteiger partial charge in [0, 0.05) is 12.6 Å². The van der Waals surface area contributed by atoms with Crippen LogP contribution in [0.2, 0.25) is 0 Å². The molecule has 0 atom stereocenters. The summed E-state index contributed by atoms with van der Waals surface area (Å²) in [5, 5.41) is 2.50. The molecule has 3 nitrogen and oxygen atoms in total. The van der Waals surface area contributed by atoms with E-state index in [2.05, 4.69) is 11.9 Å². The third kappa shape index (κ3) is 2.13. The number of hydrogen-bond acceptors (Lipinski definition) is 2. The summed E-state index contributed by atoms with van der Waals surface area (Å²) in [4.78, 5) is 23.1. The Morgan fingerprint density at radius 2 is 2.07 bits per heavy atom. The van der Waals surface area contributed by atoms with Crippen molar-refractivity contribution >= 4 is 11.7 Å². The molecule has 0 aromatic heterocycles. The molecule has 0 bridgehead atoms. The van der Waals surface area contributed by atoms with E-state index in [0.29, 0.717) is 11.1 Å². The molecule has 0 fully saturated rings. The molecule has 1 N–H and O–H groups in total. The molecule has 0 aliphatic rings. The summed E-state index contributed by atoms with van der Waals surface area (Å²) in [6.07, 6.45) is 1.22. The Morgan fingerprint density at radius 3 is 2.60 bits per heavy atom. The van der Waals surface area contributed by atoms with E-state index < -0.39 is 0 Å². The largest absolute Gasteiger partial charge is 0.355 e. The van der Waals surface area contributed by atoms with E-state index >= 15 is 0 Å². The summed E-state index contributed by atoms with van der Waals surface area (Å²) in [6.45, 7) is 5.22. The number of nitrogens with one attached hydrogen (secondary N) is 1. The van der Waals surface area contributed by atoms with Gasteiger partial charge in [-0.15, -0.1) is 0 Å². The normalized spacial score (nSPS) is 9.47. The number of allylic oxidation sites excluding steroid dienone is 1. The van der Waals surface area contributed by atoms with Crippen molar-refractivity contribution in [3.05, 3.63) is 47.5 Å². The quantitative estimate of drug-likeness (QED) is 0.600. The van der Waals surface area contributed by atoms with Gasteiger partial charge in [0.15, 0.2) is 5.78 Å². The Bertz CT molecular complexity index is 422. The average Bonchev–Trinajstić information content (AvgIpc) is 2.26. The van der Waals surface area contributed by atoms with Crippen LogP contribution in [0.15, 0.2) is 30.9 Å². The summed E-state index contributed by atoms with van der Waals surface area (Å²) < 4.78 is 0. The topological polar surface area (TPSA) is 46.2 Å². The molecule has 1 aromatic rings. The second-order valence-corrected chi connectivity index (χ2v) is 3.14. The Morgan fingerprint density at radius 1 is 1.40 bits per heavy atom. The summed E-state index contributed by atoms with van der Waals surface area (Å²) >= 11 is 0. The van der Waals surface area contributed by atoms with Crippen molar-refractivity contribution in [2.75, 3.05) is 7.05 Å².